The van der Waals surface area contributed by atoms with Crippen LogP contribution in [0.1, 0.15) is 31.0 Å². The molecule has 1 unspecified atom stereocenters. The number of hydrogen-bond acceptors (Lipinski definition) is 3. The minimum absolute atomic E-state index is 0.395. The summed E-state index contributed by atoms with van der Waals surface area (Å²) in [5.74, 6) is 0.395. The van der Waals surface area contributed by atoms with E-state index in [1.165, 1.54) is 5.56 Å². The van der Waals surface area contributed by atoms with Crippen molar-refractivity contribution in [1.29, 1.82) is 0 Å². The van der Waals surface area contributed by atoms with Crippen molar-refractivity contribution in [1.82, 2.24) is 20.3 Å². The van der Waals surface area contributed by atoms with Gasteiger partial charge in [0.2, 0.25) is 0 Å². The van der Waals surface area contributed by atoms with Gasteiger partial charge in [0.25, 0.3) is 0 Å². The van der Waals surface area contributed by atoms with Gasteiger partial charge in [0.05, 0.1) is 5.69 Å². The molecule has 0 saturated carbocycles. The molecule has 0 fully saturated rings. The fraction of sp³-hybridized carbons (Fsp3) is 0.467. The monoisotopic (exact) mass is 336 g/mol. The van der Waals surface area contributed by atoms with Gasteiger partial charge in [-0.05, 0) is 17.7 Å². The van der Waals surface area contributed by atoms with Crippen molar-refractivity contribution in [2.45, 2.75) is 32.2 Å². The Hall–Kier alpha value is -1.20. The summed E-state index contributed by atoms with van der Waals surface area (Å²) < 4.78 is 2.87. The van der Waals surface area contributed by atoms with Crippen molar-refractivity contribution in [3.8, 4) is 0 Å². The smallest absolute Gasteiger partial charge is 0.0833 e. The van der Waals surface area contributed by atoms with E-state index in [4.69, 9.17) is 0 Å². The van der Waals surface area contributed by atoms with Crippen LogP contribution < -0.4 is 5.32 Å². The summed E-state index contributed by atoms with van der Waals surface area (Å²) in [7, 11) is 1.90. The Morgan fingerprint density at radius 2 is 2.15 bits per heavy atom. The summed E-state index contributed by atoms with van der Waals surface area (Å²) in [5.41, 5.74) is 2.35. The Morgan fingerprint density at radius 1 is 1.35 bits per heavy atom. The molecule has 1 aromatic carbocycles. The predicted molar refractivity (Wildman–Crippen MR) is 84.7 cm³/mol. The van der Waals surface area contributed by atoms with Gasteiger partial charge < -0.3 is 5.32 Å². The Bertz CT molecular complexity index is 550. The minimum Gasteiger partial charge on any atom is -0.314 e. The summed E-state index contributed by atoms with van der Waals surface area (Å²) in [6.45, 7) is 5.27. The SMILES string of the molecule is CC(C)NCC(Cc1cn(C)nn1)c1cccc(Br)c1. The molecule has 5 heteroatoms. The average molecular weight is 337 g/mol. The van der Waals surface area contributed by atoms with E-state index in [2.05, 4.69) is 69.7 Å². The molecule has 2 rings (SSSR count). The van der Waals surface area contributed by atoms with Crippen LogP contribution in [-0.4, -0.2) is 27.6 Å². The van der Waals surface area contributed by atoms with Crippen LogP contribution in [0.25, 0.3) is 0 Å². The first kappa shape index (κ1) is 15.2. The Morgan fingerprint density at radius 3 is 2.75 bits per heavy atom. The van der Waals surface area contributed by atoms with Gasteiger partial charge in [-0.25, -0.2) is 0 Å². The molecule has 1 aromatic heterocycles. The summed E-state index contributed by atoms with van der Waals surface area (Å²) in [6, 6.07) is 8.97. The molecule has 108 valence electrons. The van der Waals surface area contributed by atoms with Crippen LogP contribution in [0, 0.1) is 0 Å². The highest BCUT2D eigenvalue weighted by Crippen LogP contribution is 2.23. The third-order valence-electron chi connectivity index (χ3n) is 3.20. The van der Waals surface area contributed by atoms with Crippen molar-refractivity contribution < 1.29 is 0 Å². The number of benzene rings is 1. The second kappa shape index (κ2) is 6.99. The second-order valence-corrected chi connectivity index (χ2v) is 6.32. The molecule has 0 aliphatic carbocycles. The van der Waals surface area contributed by atoms with Gasteiger partial charge >= 0.3 is 0 Å². The number of rotatable bonds is 6. The van der Waals surface area contributed by atoms with E-state index in [0.717, 1.165) is 23.1 Å². The first-order valence-electron chi connectivity index (χ1n) is 6.88. The molecular formula is C15H21BrN4. The fourth-order valence-corrected chi connectivity index (χ4v) is 2.60. The molecule has 0 spiro atoms. The first-order chi connectivity index (χ1) is 9.54. The maximum atomic E-state index is 4.20. The lowest BCUT2D eigenvalue weighted by molar-refractivity contribution is 0.523. The van der Waals surface area contributed by atoms with Crippen molar-refractivity contribution in [3.63, 3.8) is 0 Å². The summed E-state index contributed by atoms with van der Waals surface area (Å²) in [5, 5.41) is 11.7. The lowest BCUT2D eigenvalue weighted by atomic mass is 9.94. The molecule has 1 N–H and O–H groups in total. The van der Waals surface area contributed by atoms with Gasteiger partial charge in [0.15, 0.2) is 0 Å². The quantitative estimate of drug-likeness (QED) is 0.881. The van der Waals surface area contributed by atoms with Gasteiger partial charge in [-0.1, -0.05) is 47.1 Å². The largest absolute Gasteiger partial charge is 0.314 e. The Labute approximate surface area is 128 Å². The molecule has 0 amide bonds. The molecule has 1 heterocycles. The van der Waals surface area contributed by atoms with E-state index in [1.807, 2.05) is 13.2 Å². The zero-order chi connectivity index (χ0) is 14.5. The number of nitrogens with zero attached hydrogens (tertiary/aromatic N) is 3. The average Bonchev–Trinajstić information content (AvgIpc) is 2.80. The van der Waals surface area contributed by atoms with Gasteiger partial charge in [-0.15, -0.1) is 5.10 Å². The highest BCUT2D eigenvalue weighted by atomic mass is 79.9. The van der Waals surface area contributed by atoms with Crippen LogP contribution in [0.3, 0.4) is 0 Å². The molecule has 0 radical (unpaired) electrons. The lowest BCUT2D eigenvalue weighted by Crippen LogP contribution is -2.29. The molecule has 0 aliphatic rings. The number of hydrogen-bond donors (Lipinski definition) is 1. The maximum absolute atomic E-state index is 4.20. The number of aryl methyl sites for hydroxylation is 1. The molecule has 0 aliphatic heterocycles. The molecular weight excluding hydrogens is 316 g/mol. The van der Waals surface area contributed by atoms with E-state index >= 15 is 0 Å². The van der Waals surface area contributed by atoms with Gasteiger partial charge in [-0.2, -0.15) is 0 Å². The molecule has 1 atom stereocenters. The number of nitrogens with one attached hydrogen (secondary N) is 1. The lowest BCUT2D eigenvalue weighted by Gasteiger charge is -2.19. The van der Waals surface area contributed by atoms with Crippen LogP contribution >= 0.6 is 15.9 Å². The standard InChI is InChI=1S/C15H21BrN4/c1-11(2)17-9-13(8-15-10-20(3)19-18-15)12-5-4-6-14(16)7-12/h4-7,10-11,13,17H,8-9H2,1-3H3. The Balaban J connectivity index is 2.15. The normalized spacial score (nSPS) is 12.8. The number of halogens is 1. The van der Waals surface area contributed by atoms with Crippen LogP contribution in [-0.2, 0) is 13.5 Å². The summed E-state index contributed by atoms with van der Waals surface area (Å²) in [4.78, 5) is 0. The van der Waals surface area contributed by atoms with E-state index in [1.54, 1.807) is 4.68 Å². The summed E-state index contributed by atoms with van der Waals surface area (Å²) >= 11 is 3.55. The van der Waals surface area contributed by atoms with Crippen molar-refractivity contribution >= 4 is 15.9 Å². The van der Waals surface area contributed by atoms with Crippen molar-refractivity contribution in [2.75, 3.05) is 6.54 Å². The maximum Gasteiger partial charge on any atom is 0.0833 e. The van der Waals surface area contributed by atoms with E-state index in [9.17, 15) is 0 Å². The zero-order valence-electron chi connectivity index (χ0n) is 12.2. The van der Waals surface area contributed by atoms with E-state index < -0.39 is 0 Å². The third kappa shape index (κ3) is 4.42. The number of aromatic nitrogens is 3. The van der Waals surface area contributed by atoms with E-state index in [-0.39, 0.29) is 0 Å². The van der Waals surface area contributed by atoms with Crippen molar-refractivity contribution in [3.05, 3.63) is 46.2 Å². The minimum atomic E-state index is 0.395. The predicted octanol–water partition coefficient (Wildman–Crippen LogP) is 2.90. The van der Waals surface area contributed by atoms with E-state index in [0.29, 0.717) is 12.0 Å². The second-order valence-electron chi connectivity index (χ2n) is 5.40. The molecule has 0 saturated heterocycles. The van der Waals surface area contributed by atoms with Gasteiger partial charge in [-0.3, -0.25) is 4.68 Å². The van der Waals surface area contributed by atoms with Gasteiger partial charge in [0.1, 0.15) is 0 Å². The Kier molecular flexibility index (Phi) is 5.31. The highest BCUT2D eigenvalue weighted by molar-refractivity contribution is 9.10. The molecule has 2 aromatic rings. The zero-order valence-corrected chi connectivity index (χ0v) is 13.8. The fourth-order valence-electron chi connectivity index (χ4n) is 2.19. The summed E-state index contributed by atoms with van der Waals surface area (Å²) in [6.07, 6.45) is 2.88. The van der Waals surface area contributed by atoms with Crippen LogP contribution in [0.15, 0.2) is 34.9 Å². The molecule has 0 bridgehead atoms. The van der Waals surface area contributed by atoms with Gasteiger partial charge in [0, 0.05) is 42.6 Å². The molecule has 20 heavy (non-hydrogen) atoms. The van der Waals surface area contributed by atoms with Crippen LogP contribution in [0.5, 0.6) is 0 Å². The third-order valence-corrected chi connectivity index (χ3v) is 3.69. The molecule has 4 nitrogen and oxygen atoms in total. The van der Waals surface area contributed by atoms with Crippen LogP contribution in [0.4, 0.5) is 0 Å². The first-order valence-corrected chi connectivity index (χ1v) is 7.68. The van der Waals surface area contributed by atoms with Crippen molar-refractivity contribution in [2.24, 2.45) is 7.05 Å². The topological polar surface area (TPSA) is 42.7 Å². The highest BCUT2D eigenvalue weighted by Gasteiger charge is 2.15. The van der Waals surface area contributed by atoms with Crippen LogP contribution in [0.2, 0.25) is 0 Å².